The fraction of sp³-hybridized carbons (Fsp3) is 0.273. The van der Waals surface area contributed by atoms with Crippen LogP contribution in [0, 0.1) is 29.1 Å². The summed E-state index contributed by atoms with van der Waals surface area (Å²) in [5, 5.41) is 13.0. The molecule has 0 saturated heterocycles. The third kappa shape index (κ3) is 2.88. The number of benzene rings is 1. The molecule has 0 saturated carbocycles. The summed E-state index contributed by atoms with van der Waals surface area (Å²) in [5.74, 6) is -13.6. The highest BCUT2D eigenvalue weighted by atomic mass is 19.2. The smallest absolute Gasteiger partial charge is 0.258 e. The predicted octanol–water partition coefficient (Wildman–Crippen LogP) is 1.64. The molecule has 0 aromatic heterocycles. The molecule has 0 aliphatic carbocycles. The van der Waals surface area contributed by atoms with Crippen molar-refractivity contribution in [3.8, 4) is 0 Å². The molecule has 1 amide bonds. The van der Waals surface area contributed by atoms with Crippen LogP contribution in [0.4, 0.5) is 22.0 Å². The Kier molecular flexibility index (Phi) is 4.40. The van der Waals surface area contributed by atoms with Gasteiger partial charge in [-0.3, -0.25) is 4.79 Å². The highest BCUT2D eigenvalue weighted by Crippen LogP contribution is 2.23. The number of amides is 1. The van der Waals surface area contributed by atoms with Gasteiger partial charge in [0.05, 0.1) is 5.54 Å². The van der Waals surface area contributed by atoms with Crippen LogP contribution in [0.15, 0.2) is 5.16 Å². The molecule has 1 rings (SSSR count). The average molecular weight is 311 g/mol. The molecule has 0 unspecified atom stereocenters. The summed E-state index contributed by atoms with van der Waals surface area (Å²) in [6.07, 6.45) is 0. The SMILES string of the molecule is CC(C)(NC(=O)c1c(F)c(F)c(F)c(F)c1F)/C(N)=N/O. The fourth-order valence-corrected chi connectivity index (χ4v) is 1.34. The molecule has 0 radical (unpaired) electrons. The number of carbonyl (C=O) groups excluding carboxylic acids is 1. The summed E-state index contributed by atoms with van der Waals surface area (Å²) in [7, 11) is 0. The monoisotopic (exact) mass is 311 g/mol. The van der Waals surface area contributed by atoms with E-state index in [1.54, 1.807) is 0 Å². The van der Waals surface area contributed by atoms with Crippen molar-refractivity contribution >= 4 is 11.7 Å². The Labute approximate surface area is 115 Å². The summed E-state index contributed by atoms with van der Waals surface area (Å²) in [4.78, 5) is 11.7. The summed E-state index contributed by atoms with van der Waals surface area (Å²) in [6.45, 7) is 2.37. The fourth-order valence-electron chi connectivity index (χ4n) is 1.34. The number of nitrogens with one attached hydrogen (secondary N) is 1. The Morgan fingerprint density at radius 3 is 1.81 bits per heavy atom. The van der Waals surface area contributed by atoms with E-state index in [9.17, 15) is 26.7 Å². The molecule has 21 heavy (non-hydrogen) atoms. The van der Waals surface area contributed by atoms with Crippen molar-refractivity contribution in [3.05, 3.63) is 34.6 Å². The Bertz CT molecular complexity index is 602. The van der Waals surface area contributed by atoms with Crippen LogP contribution in [-0.4, -0.2) is 22.5 Å². The van der Waals surface area contributed by atoms with E-state index in [1.165, 1.54) is 13.8 Å². The van der Waals surface area contributed by atoms with E-state index < -0.39 is 51.9 Å². The predicted molar refractivity (Wildman–Crippen MR) is 61.2 cm³/mol. The normalized spacial score (nSPS) is 12.4. The van der Waals surface area contributed by atoms with E-state index >= 15 is 0 Å². The van der Waals surface area contributed by atoms with Gasteiger partial charge in [0.2, 0.25) is 5.82 Å². The molecular weight excluding hydrogens is 301 g/mol. The Morgan fingerprint density at radius 1 is 1.05 bits per heavy atom. The highest BCUT2D eigenvalue weighted by Gasteiger charge is 2.33. The number of rotatable bonds is 3. The lowest BCUT2D eigenvalue weighted by atomic mass is 10.0. The molecule has 0 fully saturated rings. The molecule has 1 aromatic rings. The highest BCUT2D eigenvalue weighted by molar-refractivity contribution is 6.00. The molecule has 0 aliphatic heterocycles. The minimum atomic E-state index is -2.38. The van der Waals surface area contributed by atoms with E-state index in [1.807, 2.05) is 5.32 Å². The molecule has 5 nitrogen and oxygen atoms in total. The molecule has 0 heterocycles. The Balaban J connectivity index is 3.33. The first-order valence-corrected chi connectivity index (χ1v) is 5.36. The van der Waals surface area contributed by atoms with Gasteiger partial charge >= 0.3 is 0 Å². The van der Waals surface area contributed by atoms with Crippen molar-refractivity contribution < 1.29 is 32.0 Å². The second kappa shape index (κ2) is 5.54. The van der Waals surface area contributed by atoms with Gasteiger partial charge in [-0.05, 0) is 13.8 Å². The number of nitrogens with two attached hydrogens (primary N) is 1. The van der Waals surface area contributed by atoms with Crippen LogP contribution in [0.5, 0.6) is 0 Å². The van der Waals surface area contributed by atoms with Gasteiger partial charge in [-0.15, -0.1) is 0 Å². The van der Waals surface area contributed by atoms with Crippen LogP contribution in [-0.2, 0) is 0 Å². The van der Waals surface area contributed by atoms with Crippen LogP contribution in [0.3, 0.4) is 0 Å². The van der Waals surface area contributed by atoms with E-state index in [0.29, 0.717) is 0 Å². The standard InChI is InChI=1S/C11H10F5N3O2/c1-11(2,10(17)19-21)18-9(20)3-4(12)6(14)8(16)7(15)5(3)13/h21H,1-2H3,(H2,17,19)(H,18,20). The lowest BCUT2D eigenvalue weighted by Gasteiger charge is -2.24. The largest absolute Gasteiger partial charge is 0.409 e. The lowest BCUT2D eigenvalue weighted by molar-refractivity contribution is 0.0919. The maximum Gasteiger partial charge on any atom is 0.258 e. The molecule has 0 atom stereocenters. The third-order valence-corrected chi connectivity index (χ3v) is 2.61. The minimum Gasteiger partial charge on any atom is -0.409 e. The van der Waals surface area contributed by atoms with Crippen LogP contribution < -0.4 is 11.1 Å². The number of hydrogen-bond acceptors (Lipinski definition) is 3. The zero-order chi connectivity index (χ0) is 16.5. The van der Waals surface area contributed by atoms with Crippen molar-refractivity contribution in [2.45, 2.75) is 19.4 Å². The number of oxime groups is 1. The van der Waals surface area contributed by atoms with E-state index in [0.717, 1.165) is 0 Å². The number of carbonyl (C=O) groups is 1. The Morgan fingerprint density at radius 2 is 1.43 bits per heavy atom. The summed E-state index contributed by atoms with van der Waals surface area (Å²) < 4.78 is 65.7. The molecule has 116 valence electrons. The molecule has 10 heteroatoms. The average Bonchev–Trinajstić information content (AvgIpc) is 2.41. The molecule has 1 aromatic carbocycles. The molecule has 4 N–H and O–H groups in total. The van der Waals surface area contributed by atoms with Crippen LogP contribution in [0.25, 0.3) is 0 Å². The van der Waals surface area contributed by atoms with Crippen LogP contribution >= 0.6 is 0 Å². The van der Waals surface area contributed by atoms with Gasteiger partial charge in [-0.2, -0.15) is 0 Å². The topological polar surface area (TPSA) is 87.7 Å². The zero-order valence-electron chi connectivity index (χ0n) is 10.8. The van der Waals surface area contributed by atoms with Gasteiger partial charge in [0, 0.05) is 0 Å². The maximum atomic E-state index is 13.4. The second-order valence-corrected chi connectivity index (χ2v) is 4.51. The number of halogens is 5. The lowest BCUT2D eigenvalue weighted by Crippen LogP contribution is -2.53. The summed E-state index contributed by atoms with van der Waals surface area (Å²) in [5.41, 5.74) is 1.97. The van der Waals surface area contributed by atoms with Gasteiger partial charge < -0.3 is 16.3 Å². The number of hydrogen-bond donors (Lipinski definition) is 3. The quantitative estimate of drug-likeness (QED) is 0.151. The third-order valence-electron chi connectivity index (χ3n) is 2.61. The van der Waals surface area contributed by atoms with Crippen molar-refractivity contribution in [2.75, 3.05) is 0 Å². The second-order valence-electron chi connectivity index (χ2n) is 4.51. The van der Waals surface area contributed by atoms with Crippen molar-refractivity contribution in [3.63, 3.8) is 0 Å². The maximum absolute atomic E-state index is 13.4. The van der Waals surface area contributed by atoms with Crippen LogP contribution in [0.1, 0.15) is 24.2 Å². The number of nitrogens with zero attached hydrogens (tertiary/aromatic N) is 1. The molecule has 0 bridgehead atoms. The van der Waals surface area contributed by atoms with Crippen molar-refractivity contribution in [1.29, 1.82) is 0 Å². The Hall–Kier alpha value is -2.39. The van der Waals surface area contributed by atoms with E-state index in [-0.39, 0.29) is 0 Å². The molecular formula is C11H10F5N3O2. The van der Waals surface area contributed by atoms with Gasteiger partial charge in [0.15, 0.2) is 29.1 Å². The summed E-state index contributed by atoms with van der Waals surface area (Å²) in [6, 6.07) is 0. The first-order valence-electron chi connectivity index (χ1n) is 5.36. The van der Waals surface area contributed by atoms with Gasteiger partial charge in [0.1, 0.15) is 5.56 Å². The number of amidine groups is 1. The van der Waals surface area contributed by atoms with Crippen molar-refractivity contribution in [1.82, 2.24) is 5.32 Å². The van der Waals surface area contributed by atoms with Gasteiger partial charge in [0.25, 0.3) is 5.91 Å². The molecule has 0 aliphatic rings. The van der Waals surface area contributed by atoms with E-state index in [4.69, 9.17) is 10.9 Å². The zero-order valence-corrected chi connectivity index (χ0v) is 10.8. The van der Waals surface area contributed by atoms with Gasteiger partial charge in [-0.25, -0.2) is 22.0 Å². The van der Waals surface area contributed by atoms with Crippen molar-refractivity contribution in [2.24, 2.45) is 10.9 Å². The van der Waals surface area contributed by atoms with Gasteiger partial charge in [-0.1, -0.05) is 5.16 Å². The van der Waals surface area contributed by atoms with Crippen LogP contribution in [0.2, 0.25) is 0 Å². The van der Waals surface area contributed by atoms with E-state index in [2.05, 4.69) is 5.16 Å². The summed E-state index contributed by atoms with van der Waals surface area (Å²) >= 11 is 0. The first-order chi connectivity index (χ1) is 9.54. The minimum absolute atomic E-state index is 0.542. The first kappa shape index (κ1) is 16.7. The molecule has 0 spiro atoms.